The van der Waals surface area contributed by atoms with Gasteiger partial charge in [0.15, 0.2) is 0 Å². The normalized spacial score (nSPS) is 12.9. The van der Waals surface area contributed by atoms with Crippen LogP contribution in [-0.2, 0) is 4.79 Å². The molecule has 0 bridgehead atoms. The molecule has 1 amide bonds. The van der Waals surface area contributed by atoms with Crippen LogP contribution in [0.25, 0.3) is 0 Å². The minimum absolute atomic E-state index is 0.184. The summed E-state index contributed by atoms with van der Waals surface area (Å²) in [5.41, 5.74) is 6.44. The standard InChI is InChI=1S/C8H14N2O/c1-3-4-7(2)8(9)5-10-6-11/h3-4,6,8H,2,5,9H2,1H3,(H,10,11)/b4-3-. The van der Waals surface area contributed by atoms with Crippen LogP contribution in [-0.4, -0.2) is 19.0 Å². The van der Waals surface area contributed by atoms with E-state index in [2.05, 4.69) is 11.9 Å². The van der Waals surface area contributed by atoms with Crippen molar-refractivity contribution < 1.29 is 4.79 Å². The zero-order valence-electron chi connectivity index (χ0n) is 6.71. The monoisotopic (exact) mass is 154 g/mol. The van der Waals surface area contributed by atoms with Crippen LogP contribution in [0.4, 0.5) is 0 Å². The second kappa shape index (κ2) is 5.68. The molecule has 0 radical (unpaired) electrons. The zero-order valence-corrected chi connectivity index (χ0v) is 6.71. The van der Waals surface area contributed by atoms with Crippen molar-refractivity contribution in [2.75, 3.05) is 6.54 Å². The van der Waals surface area contributed by atoms with E-state index in [0.29, 0.717) is 13.0 Å². The molecule has 0 aliphatic heterocycles. The van der Waals surface area contributed by atoms with Crippen LogP contribution in [0.1, 0.15) is 6.92 Å². The van der Waals surface area contributed by atoms with Crippen LogP contribution in [0.15, 0.2) is 24.3 Å². The maximum atomic E-state index is 9.88. The fourth-order valence-electron chi connectivity index (χ4n) is 0.644. The van der Waals surface area contributed by atoms with E-state index in [4.69, 9.17) is 5.73 Å². The van der Waals surface area contributed by atoms with Crippen LogP contribution in [0.3, 0.4) is 0 Å². The van der Waals surface area contributed by atoms with E-state index >= 15 is 0 Å². The highest BCUT2D eigenvalue weighted by molar-refractivity contribution is 5.46. The van der Waals surface area contributed by atoms with Gasteiger partial charge in [-0.25, -0.2) is 0 Å². The van der Waals surface area contributed by atoms with Gasteiger partial charge in [0.2, 0.25) is 6.41 Å². The first kappa shape index (κ1) is 9.91. The molecular formula is C8H14N2O. The zero-order chi connectivity index (χ0) is 8.69. The number of nitrogens with two attached hydrogens (primary N) is 1. The molecular weight excluding hydrogens is 140 g/mol. The van der Waals surface area contributed by atoms with E-state index < -0.39 is 0 Å². The molecule has 0 aromatic rings. The molecule has 0 fully saturated rings. The molecule has 0 saturated heterocycles. The molecule has 0 saturated carbocycles. The Hall–Kier alpha value is -1.09. The molecule has 0 aromatic heterocycles. The lowest BCUT2D eigenvalue weighted by molar-refractivity contribution is -0.109. The van der Waals surface area contributed by atoms with Gasteiger partial charge in [-0.1, -0.05) is 18.7 Å². The lowest BCUT2D eigenvalue weighted by atomic mass is 10.1. The van der Waals surface area contributed by atoms with Gasteiger partial charge in [-0.15, -0.1) is 0 Å². The van der Waals surface area contributed by atoms with Crippen LogP contribution in [0.5, 0.6) is 0 Å². The van der Waals surface area contributed by atoms with Gasteiger partial charge >= 0.3 is 0 Å². The number of amides is 1. The lowest BCUT2D eigenvalue weighted by Crippen LogP contribution is -2.33. The van der Waals surface area contributed by atoms with Gasteiger partial charge in [0.25, 0.3) is 0 Å². The highest BCUT2D eigenvalue weighted by Crippen LogP contribution is 1.96. The molecule has 1 atom stereocenters. The van der Waals surface area contributed by atoms with E-state index in [9.17, 15) is 4.79 Å². The van der Waals surface area contributed by atoms with Gasteiger partial charge in [-0.05, 0) is 12.5 Å². The van der Waals surface area contributed by atoms with Crippen molar-refractivity contribution in [2.24, 2.45) is 5.73 Å². The summed E-state index contributed by atoms with van der Waals surface area (Å²) >= 11 is 0. The fourth-order valence-corrected chi connectivity index (χ4v) is 0.644. The maximum Gasteiger partial charge on any atom is 0.207 e. The van der Waals surface area contributed by atoms with E-state index in [1.807, 2.05) is 19.1 Å². The Morgan fingerprint density at radius 2 is 2.45 bits per heavy atom. The second-order valence-electron chi connectivity index (χ2n) is 2.21. The predicted octanol–water partition coefficient (Wildman–Crippen LogP) is 0.192. The highest BCUT2D eigenvalue weighted by Gasteiger charge is 2.01. The van der Waals surface area contributed by atoms with Crippen LogP contribution < -0.4 is 11.1 Å². The number of allylic oxidation sites excluding steroid dienone is 1. The largest absolute Gasteiger partial charge is 0.357 e. The average Bonchev–Trinajstić information content (AvgIpc) is 2.00. The molecule has 3 nitrogen and oxygen atoms in total. The van der Waals surface area contributed by atoms with Crippen molar-refractivity contribution in [2.45, 2.75) is 13.0 Å². The van der Waals surface area contributed by atoms with E-state index in [-0.39, 0.29) is 6.04 Å². The molecule has 3 N–H and O–H groups in total. The first-order chi connectivity index (χ1) is 5.22. The molecule has 0 aliphatic rings. The molecule has 3 heteroatoms. The van der Waals surface area contributed by atoms with Gasteiger partial charge < -0.3 is 11.1 Å². The predicted molar refractivity (Wildman–Crippen MR) is 46.0 cm³/mol. The highest BCUT2D eigenvalue weighted by atomic mass is 16.1. The Morgan fingerprint density at radius 3 is 2.91 bits per heavy atom. The first-order valence-corrected chi connectivity index (χ1v) is 3.46. The summed E-state index contributed by atoms with van der Waals surface area (Å²) in [5.74, 6) is 0. The number of carbonyl (C=O) groups excluding carboxylic acids is 1. The van der Waals surface area contributed by atoms with Gasteiger partial charge in [0.05, 0.1) is 0 Å². The summed E-state index contributed by atoms with van der Waals surface area (Å²) in [4.78, 5) is 9.88. The van der Waals surface area contributed by atoms with Gasteiger partial charge in [0.1, 0.15) is 0 Å². The molecule has 0 rings (SSSR count). The molecule has 0 spiro atoms. The molecule has 0 aromatic carbocycles. The van der Waals surface area contributed by atoms with Gasteiger partial charge in [0, 0.05) is 12.6 Å². The van der Waals surface area contributed by atoms with E-state index in [1.165, 1.54) is 0 Å². The summed E-state index contributed by atoms with van der Waals surface area (Å²) in [6, 6.07) is -0.184. The Labute approximate surface area is 67.0 Å². The number of hydrogen-bond donors (Lipinski definition) is 2. The summed E-state index contributed by atoms with van der Waals surface area (Å²) < 4.78 is 0. The number of rotatable bonds is 5. The Balaban J connectivity index is 3.72. The Morgan fingerprint density at radius 1 is 1.82 bits per heavy atom. The van der Waals surface area contributed by atoms with Crippen molar-refractivity contribution in [3.05, 3.63) is 24.3 Å². The average molecular weight is 154 g/mol. The maximum absolute atomic E-state index is 9.88. The summed E-state index contributed by atoms with van der Waals surface area (Å²) in [7, 11) is 0. The first-order valence-electron chi connectivity index (χ1n) is 3.46. The summed E-state index contributed by atoms with van der Waals surface area (Å²) in [6.45, 7) is 6.06. The second-order valence-corrected chi connectivity index (χ2v) is 2.21. The minimum atomic E-state index is -0.184. The molecule has 62 valence electrons. The molecule has 0 aliphatic carbocycles. The van der Waals surface area contributed by atoms with Crippen molar-refractivity contribution in [1.82, 2.24) is 5.32 Å². The van der Waals surface area contributed by atoms with Crippen LogP contribution in [0.2, 0.25) is 0 Å². The number of carbonyl (C=O) groups is 1. The fraction of sp³-hybridized carbons (Fsp3) is 0.375. The summed E-state index contributed by atoms with van der Waals surface area (Å²) in [6.07, 6.45) is 4.32. The van der Waals surface area contributed by atoms with E-state index in [0.717, 1.165) is 5.57 Å². The van der Waals surface area contributed by atoms with Gasteiger partial charge in [-0.2, -0.15) is 0 Å². The summed E-state index contributed by atoms with van der Waals surface area (Å²) in [5, 5.41) is 2.49. The Bertz CT molecular complexity index is 163. The number of hydrogen-bond acceptors (Lipinski definition) is 2. The third-order valence-electron chi connectivity index (χ3n) is 1.28. The third-order valence-corrected chi connectivity index (χ3v) is 1.28. The quantitative estimate of drug-likeness (QED) is 0.439. The Kier molecular flexibility index (Phi) is 5.11. The van der Waals surface area contributed by atoms with Crippen molar-refractivity contribution >= 4 is 6.41 Å². The van der Waals surface area contributed by atoms with Crippen molar-refractivity contribution in [3.8, 4) is 0 Å². The van der Waals surface area contributed by atoms with Crippen molar-refractivity contribution in [3.63, 3.8) is 0 Å². The molecule has 11 heavy (non-hydrogen) atoms. The third kappa shape index (κ3) is 4.33. The van der Waals surface area contributed by atoms with Gasteiger partial charge in [-0.3, -0.25) is 4.79 Å². The topological polar surface area (TPSA) is 55.1 Å². The SMILES string of the molecule is C=C(/C=C\C)C(N)CNC=O. The molecule has 1 unspecified atom stereocenters. The van der Waals surface area contributed by atoms with E-state index in [1.54, 1.807) is 0 Å². The van der Waals surface area contributed by atoms with Crippen LogP contribution in [0, 0.1) is 0 Å². The number of nitrogens with one attached hydrogen (secondary N) is 1. The molecule has 0 heterocycles. The van der Waals surface area contributed by atoms with Crippen molar-refractivity contribution in [1.29, 1.82) is 0 Å². The van der Waals surface area contributed by atoms with Crippen LogP contribution >= 0.6 is 0 Å². The lowest BCUT2D eigenvalue weighted by Gasteiger charge is -2.09. The minimum Gasteiger partial charge on any atom is -0.357 e. The smallest absolute Gasteiger partial charge is 0.207 e.